The number of aromatic nitrogens is 2. The molecule has 6 nitrogen and oxygen atoms in total. The van der Waals surface area contributed by atoms with Gasteiger partial charge in [-0.25, -0.2) is 14.8 Å². The van der Waals surface area contributed by atoms with E-state index in [1.54, 1.807) is 25.3 Å². The number of halogens is 1. The highest BCUT2D eigenvalue weighted by atomic mass is 35.5. The fraction of sp³-hybridized carbons (Fsp3) is 0.353. The fourth-order valence-electron chi connectivity index (χ4n) is 2.86. The van der Waals surface area contributed by atoms with Gasteiger partial charge in [0.05, 0.1) is 23.4 Å². The monoisotopic (exact) mass is 346 g/mol. The summed E-state index contributed by atoms with van der Waals surface area (Å²) in [4.78, 5) is 22.6. The number of ether oxygens (including phenoxy) is 1. The molecule has 0 radical (unpaired) electrons. The predicted octanol–water partition coefficient (Wildman–Crippen LogP) is 2.92. The fourth-order valence-corrected chi connectivity index (χ4v) is 3.10. The van der Waals surface area contributed by atoms with E-state index in [0.29, 0.717) is 16.3 Å². The van der Waals surface area contributed by atoms with E-state index in [-0.39, 0.29) is 12.0 Å². The number of nitrogens with one attached hydrogen (secondary N) is 1. The summed E-state index contributed by atoms with van der Waals surface area (Å²) in [6.45, 7) is 3.48. The molecule has 1 aliphatic heterocycles. The van der Waals surface area contributed by atoms with Crippen molar-refractivity contribution in [2.45, 2.75) is 19.4 Å². The Balaban J connectivity index is 1.67. The van der Waals surface area contributed by atoms with Crippen LogP contribution in [0.25, 0.3) is 0 Å². The third-order valence-corrected chi connectivity index (χ3v) is 4.36. The lowest BCUT2D eigenvalue weighted by Gasteiger charge is -2.19. The molecule has 1 unspecified atom stereocenters. The number of nitrogens with zero attached hydrogens (tertiary/aromatic N) is 3. The Hall–Kier alpha value is -2.34. The Morgan fingerprint density at radius 2 is 2.25 bits per heavy atom. The maximum Gasteiger partial charge on any atom is 0.339 e. The van der Waals surface area contributed by atoms with Crippen LogP contribution in [0.2, 0.25) is 5.02 Å². The summed E-state index contributed by atoms with van der Waals surface area (Å²) in [5.74, 6) is 1.19. The molecule has 0 spiro atoms. The van der Waals surface area contributed by atoms with Gasteiger partial charge in [0.15, 0.2) is 0 Å². The second kappa shape index (κ2) is 7.05. The van der Waals surface area contributed by atoms with Crippen LogP contribution in [0.4, 0.5) is 11.6 Å². The average molecular weight is 347 g/mol. The molecule has 24 heavy (non-hydrogen) atoms. The van der Waals surface area contributed by atoms with Gasteiger partial charge < -0.3 is 15.0 Å². The Kier molecular flexibility index (Phi) is 4.85. The van der Waals surface area contributed by atoms with E-state index in [4.69, 9.17) is 16.3 Å². The zero-order chi connectivity index (χ0) is 17.1. The summed E-state index contributed by atoms with van der Waals surface area (Å²) >= 11 is 6.21. The number of esters is 1. The minimum atomic E-state index is -0.372. The molecule has 3 rings (SSSR count). The molecule has 126 valence electrons. The van der Waals surface area contributed by atoms with Crippen LogP contribution in [0, 0.1) is 6.92 Å². The van der Waals surface area contributed by atoms with Crippen molar-refractivity contribution < 1.29 is 9.53 Å². The van der Waals surface area contributed by atoms with Crippen LogP contribution in [-0.2, 0) is 4.74 Å². The van der Waals surface area contributed by atoms with Crippen LogP contribution in [0.1, 0.15) is 22.5 Å². The molecule has 1 saturated heterocycles. The lowest BCUT2D eigenvalue weighted by atomic mass is 10.2. The maximum absolute atomic E-state index is 11.6. The summed E-state index contributed by atoms with van der Waals surface area (Å²) < 4.78 is 4.74. The van der Waals surface area contributed by atoms with Crippen molar-refractivity contribution in [2.24, 2.45) is 0 Å². The Bertz CT molecular complexity index is 753. The van der Waals surface area contributed by atoms with Gasteiger partial charge in [0, 0.05) is 25.3 Å². The molecule has 0 aromatic carbocycles. The van der Waals surface area contributed by atoms with Crippen molar-refractivity contribution in [3.63, 3.8) is 0 Å². The normalized spacial score (nSPS) is 17.0. The van der Waals surface area contributed by atoms with Crippen LogP contribution in [0.5, 0.6) is 0 Å². The molecule has 0 saturated carbocycles. The van der Waals surface area contributed by atoms with Crippen LogP contribution in [0.3, 0.4) is 0 Å². The number of carbonyl (C=O) groups is 1. The van der Waals surface area contributed by atoms with Gasteiger partial charge in [0.25, 0.3) is 0 Å². The molecule has 3 heterocycles. The van der Waals surface area contributed by atoms with Gasteiger partial charge in [-0.2, -0.15) is 0 Å². The van der Waals surface area contributed by atoms with E-state index >= 15 is 0 Å². The van der Waals surface area contributed by atoms with Gasteiger partial charge >= 0.3 is 5.97 Å². The summed E-state index contributed by atoms with van der Waals surface area (Å²) in [7, 11) is 1.36. The SMILES string of the molecule is COC(=O)c1ccc(NC2CCN(c3ncccc3Cl)C2)nc1C. The number of methoxy groups -OCH3 is 1. The first kappa shape index (κ1) is 16.5. The van der Waals surface area contributed by atoms with Crippen molar-refractivity contribution in [3.05, 3.63) is 46.7 Å². The minimum absolute atomic E-state index is 0.249. The van der Waals surface area contributed by atoms with Gasteiger partial charge in [-0.1, -0.05) is 11.6 Å². The number of hydrogen-bond donors (Lipinski definition) is 1. The number of pyridine rings is 2. The van der Waals surface area contributed by atoms with E-state index < -0.39 is 0 Å². The van der Waals surface area contributed by atoms with Crippen molar-refractivity contribution in [2.75, 3.05) is 30.4 Å². The number of rotatable bonds is 4. The second-order valence-electron chi connectivity index (χ2n) is 5.71. The Labute approximate surface area is 145 Å². The Morgan fingerprint density at radius 3 is 2.96 bits per heavy atom. The molecule has 1 N–H and O–H groups in total. The third kappa shape index (κ3) is 3.43. The van der Waals surface area contributed by atoms with E-state index in [1.807, 2.05) is 12.1 Å². The highest BCUT2D eigenvalue weighted by Crippen LogP contribution is 2.26. The van der Waals surface area contributed by atoms with Crippen LogP contribution in [-0.4, -0.2) is 42.2 Å². The van der Waals surface area contributed by atoms with Gasteiger partial charge in [-0.3, -0.25) is 0 Å². The van der Waals surface area contributed by atoms with Gasteiger partial charge in [-0.05, 0) is 37.6 Å². The maximum atomic E-state index is 11.6. The number of anilines is 2. The zero-order valence-electron chi connectivity index (χ0n) is 13.6. The molecule has 1 aliphatic rings. The smallest absolute Gasteiger partial charge is 0.339 e. The number of aryl methyl sites for hydroxylation is 1. The van der Waals surface area contributed by atoms with E-state index in [2.05, 4.69) is 20.2 Å². The molecule has 0 amide bonds. The molecule has 2 aromatic rings. The molecule has 1 atom stereocenters. The molecule has 2 aromatic heterocycles. The van der Waals surface area contributed by atoms with Gasteiger partial charge in [-0.15, -0.1) is 0 Å². The van der Waals surface area contributed by atoms with Crippen molar-refractivity contribution >= 4 is 29.2 Å². The molecular weight excluding hydrogens is 328 g/mol. The van der Waals surface area contributed by atoms with Gasteiger partial charge in [0.2, 0.25) is 0 Å². The Morgan fingerprint density at radius 1 is 1.42 bits per heavy atom. The van der Waals surface area contributed by atoms with Crippen LogP contribution in [0.15, 0.2) is 30.5 Å². The first-order chi connectivity index (χ1) is 11.6. The highest BCUT2D eigenvalue weighted by molar-refractivity contribution is 6.32. The standard InChI is InChI=1S/C17H19ClN4O2/c1-11-13(17(23)24-2)5-6-15(20-11)21-12-7-9-22(10-12)16-14(18)4-3-8-19-16/h3-6,8,12H,7,9-10H2,1-2H3,(H,20,21). The number of hydrogen-bond acceptors (Lipinski definition) is 6. The highest BCUT2D eigenvalue weighted by Gasteiger charge is 2.25. The molecule has 0 bridgehead atoms. The zero-order valence-corrected chi connectivity index (χ0v) is 14.4. The van der Waals surface area contributed by atoms with E-state index in [1.165, 1.54) is 7.11 Å². The van der Waals surface area contributed by atoms with Crippen LogP contribution < -0.4 is 10.2 Å². The molecule has 1 fully saturated rings. The summed E-state index contributed by atoms with van der Waals surface area (Å²) in [6.07, 6.45) is 2.71. The summed E-state index contributed by atoms with van der Waals surface area (Å²) in [5, 5.41) is 4.07. The summed E-state index contributed by atoms with van der Waals surface area (Å²) in [5.41, 5.74) is 1.13. The molecule has 0 aliphatic carbocycles. The topological polar surface area (TPSA) is 67.3 Å². The lowest BCUT2D eigenvalue weighted by Crippen LogP contribution is -2.27. The van der Waals surface area contributed by atoms with E-state index in [0.717, 1.165) is 31.1 Å². The molecular formula is C17H19ClN4O2. The summed E-state index contributed by atoms with van der Waals surface area (Å²) in [6, 6.07) is 7.46. The van der Waals surface area contributed by atoms with Crippen molar-refractivity contribution in [1.82, 2.24) is 9.97 Å². The van der Waals surface area contributed by atoms with Gasteiger partial charge in [0.1, 0.15) is 11.6 Å². The minimum Gasteiger partial charge on any atom is -0.465 e. The number of carbonyl (C=O) groups excluding carboxylic acids is 1. The lowest BCUT2D eigenvalue weighted by molar-refractivity contribution is 0.0599. The van der Waals surface area contributed by atoms with Crippen LogP contribution >= 0.6 is 11.6 Å². The van der Waals surface area contributed by atoms with Crippen molar-refractivity contribution in [1.29, 1.82) is 0 Å². The first-order valence-corrected chi connectivity index (χ1v) is 8.14. The average Bonchev–Trinajstić information content (AvgIpc) is 3.03. The largest absolute Gasteiger partial charge is 0.465 e. The predicted molar refractivity (Wildman–Crippen MR) is 93.8 cm³/mol. The first-order valence-electron chi connectivity index (χ1n) is 7.76. The molecule has 7 heteroatoms. The quantitative estimate of drug-likeness (QED) is 0.858. The van der Waals surface area contributed by atoms with Crippen molar-refractivity contribution in [3.8, 4) is 0 Å². The van der Waals surface area contributed by atoms with E-state index in [9.17, 15) is 4.79 Å². The third-order valence-electron chi connectivity index (χ3n) is 4.07. The second-order valence-corrected chi connectivity index (χ2v) is 6.11.